The monoisotopic (exact) mass is 334 g/mol. The molecule has 2 heterocycles. The Morgan fingerprint density at radius 3 is 2.57 bits per heavy atom. The van der Waals surface area contributed by atoms with Crippen LogP contribution in [0.2, 0.25) is 0 Å². The van der Waals surface area contributed by atoms with Gasteiger partial charge in [-0.05, 0) is 31.0 Å². The fourth-order valence-corrected chi connectivity index (χ4v) is 4.02. The zero-order chi connectivity index (χ0) is 16.6. The van der Waals surface area contributed by atoms with Crippen LogP contribution in [-0.4, -0.2) is 48.8 Å². The molecular formula is C17H19FN2O2S. The lowest BCUT2D eigenvalue weighted by atomic mass is 9.95. The molecule has 2 amide bonds. The van der Waals surface area contributed by atoms with E-state index in [1.807, 2.05) is 6.07 Å². The molecule has 1 aliphatic heterocycles. The molecule has 1 aromatic heterocycles. The Hall–Kier alpha value is -1.95. The van der Waals surface area contributed by atoms with Crippen LogP contribution in [0.25, 0.3) is 10.1 Å². The Bertz CT molecular complexity index is 748. The van der Waals surface area contributed by atoms with Crippen LogP contribution >= 0.6 is 11.3 Å². The maximum Gasteiger partial charge on any atom is 0.263 e. The molecule has 0 bridgehead atoms. The van der Waals surface area contributed by atoms with Crippen LogP contribution in [0.15, 0.2) is 24.3 Å². The molecule has 23 heavy (non-hydrogen) atoms. The predicted octanol–water partition coefficient (Wildman–Crippen LogP) is 2.98. The zero-order valence-corrected chi connectivity index (χ0v) is 14.0. The Morgan fingerprint density at radius 2 is 1.96 bits per heavy atom. The van der Waals surface area contributed by atoms with Gasteiger partial charge < -0.3 is 9.80 Å². The number of halogens is 1. The predicted molar refractivity (Wildman–Crippen MR) is 89.1 cm³/mol. The molecule has 4 nitrogen and oxygen atoms in total. The standard InChI is InChI=1S/C17H19FN2O2S/c1-19(2)16(21)11-6-8-20(9-7-11)17(22)15-10-12-13(18)4-3-5-14(12)23-15/h3-5,10-11H,6-9H2,1-2H3. The van der Waals surface area contributed by atoms with Crippen LogP contribution in [0.5, 0.6) is 0 Å². The van der Waals surface area contributed by atoms with Gasteiger partial charge in [0.15, 0.2) is 0 Å². The van der Waals surface area contributed by atoms with Gasteiger partial charge >= 0.3 is 0 Å². The van der Waals surface area contributed by atoms with Gasteiger partial charge in [-0.3, -0.25) is 9.59 Å². The number of carbonyl (C=O) groups excluding carboxylic acids is 2. The van der Waals surface area contributed by atoms with Crippen molar-refractivity contribution in [3.63, 3.8) is 0 Å². The Kier molecular flexibility index (Phi) is 4.35. The average Bonchev–Trinajstić information content (AvgIpc) is 2.99. The molecule has 1 aromatic carbocycles. The first-order valence-electron chi connectivity index (χ1n) is 7.66. The summed E-state index contributed by atoms with van der Waals surface area (Å²) in [4.78, 5) is 28.5. The summed E-state index contributed by atoms with van der Waals surface area (Å²) in [7, 11) is 3.51. The van der Waals surface area contributed by atoms with Gasteiger partial charge in [-0.25, -0.2) is 4.39 Å². The molecule has 0 radical (unpaired) electrons. The molecule has 0 spiro atoms. The Labute approximate surface area is 138 Å². The molecule has 1 fully saturated rings. The van der Waals surface area contributed by atoms with Crippen LogP contribution in [0, 0.1) is 11.7 Å². The molecule has 0 N–H and O–H groups in total. The number of amides is 2. The maximum atomic E-state index is 13.8. The number of fused-ring (bicyclic) bond motifs is 1. The van der Waals surface area contributed by atoms with Gasteiger partial charge in [0.2, 0.25) is 5.91 Å². The van der Waals surface area contributed by atoms with Crippen molar-refractivity contribution in [3.05, 3.63) is 35.0 Å². The first-order valence-corrected chi connectivity index (χ1v) is 8.47. The molecule has 1 aliphatic rings. The Morgan fingerprint density at radius 1 is 1.26 bits per heavy atom. The number of nitrogens with zero attached hydrogens (tertiary/aromatic N) is 2. The lowest BCUT2D eigenvalue weighted by Crippen LogP contribution is -2.42. The molecule has 0 atom stereocenters. The first kappa shape index (κ1) is 15.9. The highest BCUT2D eigenvalue weighted by atomic mass is 32.1. The summed E-state index contributed by atoms with van der Waals surface area (Å²) in [6.07, 6.45) is 1.37. The summed E-state index contributed by atoms with van der Waals surface area (Å²) in [5, 5.41) is 0.499. The molecule has 122 valence electrons. The maximum absolute atomic E-state index is 13.8. The fraction of sp³-hybridized carbons (Fsp3) is 0.412. The molecule has 0 aliphatic carbocycles. The summed E-state index contributed by atoms with van der Waals surface area (Å²) in [6, 6.07) is 6.51. The minimum Gasteiger partial charge on any atom is -0.349 e. The van der Waals surface area contributed by atoms with Gasteiger partial charge in [0, 0.05) is 43.2 Å². The van der Waals surface area contributed by atoms with Gasteiger partial charge in [0.25, 0.3) is 5.91 Å². The molecule has 2 aromatic rings. The first-order chi connectivity index (χ1) is 11.0. The number of piperidine rings is 1. The summed E-state index contributed by atoms with van der Waals surface area (Å²) in [5.41, 5.74) is 0. The molecule has 1 saturated heterocycles. The van der Waals surface area contributed by atoms with E-state index in [1.165, 1.54) is 17.4 Å². The summed E-state index contributed by atoms with van der Waals surface area (Å²) in [5.74, 6) is -0.246. The van der Waals surface area contributed by atoms with Crippen molar-refractivity contribution in [2.45, 2.75) is 12.8 Å². The normalized spacial score (nSPS) is 15.9. The summed E-state index contributed by atoms with van der Waals surface area (Å²) < 4.78 is 14.5. The molecule has 0 saturated carbocycles. The van der Waals surface area contributed by atoms with Gasteiger partial charge in [-0.1, -0.05) is 6.07 Å². The number of rotatable bonds is 2. The van der Waals surface area contributed by atoms with E-state index in [9.17, 15) is 14.0 Å². The summed E-state index contributed by atoms with van der Waals surface area (Å²) in [6.45, 7) is 1.14. The van der Waals surface area contributed by atoms with Gasteiger partial charge in [0.1, 0.15) is 5.82 Å². The highest BCUT2D eigenvalue weighted by Crippen LogP contribution is 2.29. The van der Waals surface area contributed by atoms with E-state index in [0.29, 0.717) is 36.2 Å². The van der Waals surface area contributed by atoms with E-state index in [-0.39, 0.29) is 23.5 Å². The quantitative estimate of drug-likeness (QED) is 0.847. The number of benzene rings is 1. The number of carbonyl (C=O) groups is 2. The third-order valence-electron chi connectivity index (χ3n) is 4.29. The smallest absolute Gasteiger partial charge is 0.263 e. The second-order valence-corrected chi connectivity index (χ2v) is 7.15. The largest absolute Gasteiger partial charge is 0.349 e. The average molecular weight is 334 g/mol. The van der Waals surface area contributed by atoms with Crippen molar-refractivity contribution >= 4 is 33.2 Å². The number of hydrogen-bond donors (Lipinski definition) is 0. The van der Waals surface area contributed by atoms with Crippen LogP contribution < -0.4 is 0 Å². The van der Waals surface area contributed by atoms with Crippen molar-refractivity contribution in [1.82, 2.24) is 9.80 Å². The van der Waals surface area contributed by atoms with Crippen molar-refractivity contribution in [3.8, 4) is 0 Å². The van der Waals surface area contributed by atoms with Gasteiger partial charge in [0.05, 0.1) is 4.88 Å². The number of hydrogen-bond acceptors (Lipinski definition) is 3. The number of likely N-dealkylation sites (tertiary alicyclic amines) is 1. The van der Waals surface area contributed by atoms with E-state index in [2.05, 4.69) is 0 Å². The van der Waals surface area contributed by atoms with E-state index in [4.69, 9.17) is 0 Å². The van der Waals surface area contributed by atoms with Crippen molar-refractivity contribution in [2.24, 2.45) is 5.92 Å². The molecule has 3 rings (SSSR count). The minimum atomic E-state index is -0.298. The van der Waals surface area contributed by atoms with E-state index >= 15 is 0 Å². The lowest BCUT2D eigenvalue weighted by Gasteiger charge is -2.32. The van der Waals surface area contributed by atoms with Crippen LogP contribution in [0.4, 0.5) is 4.39 Å². The van der Waals surface area contributed by atoms with Gasteiger partial charge in [-0.15, -0.1) is 11.3 Å². The van der Waals surface area contributed by atoms with Crippen molar-refractivity contribution in [1.29, 1.82) is 0 Å². The van der Waals surface area contributed by atoms with Crippen molar-refractivity contribution < 1.29 is 14.0 Å². The van der Waals surface area contributed by atoms with Crippen LogP contribution in [0.3, 0.4) is 0 Å². The minimum absolute atomic E-state index is 0.00565. The lowest BCUT2D eigenvalue weighted by molar-refractivity contribution is -0.134. The van der Waals surface area contributed by atoms with Gasteiger partial charge in [-0.2, -0.15) is 0 Å². The van der Waals surface area contributed by atoms with E-state index in [1.54, 1.807) is 36.0 Å². The van der Waals surface area contributed by atoms with Crippen LogP contribution in [-0.2, 0) is 4.79 Å². The topological polar surface area (TPSA) is 40.6 Å². The van der Waals surface area contributed by atoms with E-state index < -0.39 is 0 Å². The summed E-state index contributed by atoms with van der Waals surface area (Å²) >= 11 is 1.32. The fourth-order valence-electron chi connectivity index (χ4n) is 2.98. The highest BCUT2D eigenvalue weighted by molar-refractivity contribution is 7.20. The number of thiophene rings is 1. The zero-order valence-electron chi connectivity index (χ0n) is 13.2. The van der Waals surface area contributed by atoms with Crippen molar-refractivity contribution in [2.75, 3.05) is 27.2 Å². The second kappa shape index (κ2) is 6.28. The Balaban J connectivity index is 1.71. The SMILES string of the molecule is CN(C)C(=O)C1CCN(C(=O)c2cc3c(F)cccc3s2)CC1. The second-order valence-electron chi connectivity index (χ2n) is 6.06. The third kappa shape index (κ3) is 3.08. The van der Waals surface area contributed by atoms with E-state index in [0.717, 1.165) is 4.70 Å². The molecular weight excluding hydrogens is 315 g/mol. The molecule has 6 heteroatoms. The van der Waals surface area contributed by atoms with Crippen LogP contribution in [0.1, 0.15) is 22.5 Å². The highest BCUT2D eigenvalue weighted by Gasteiger charge is 2.29. The third-order valence-corrected chi connectivity index (χ3v) is 5.38. The molecule has 0 unspecified atom stereocenters.